The first kappa shape index (κ1) is 12.9. The van der Waals surface area contributed by atoms with Crippen molar-refractivity contribution in [3.63, 3.8) is 0 Å². The van der Waals surface area contributed by atoms with Crippen LogP contribution in [-0.4, -0.2) is 15.2 Å². The summed E-state index contributed by atoms with van der Waals surface area (Å²) in [6, 6.07) is 2.13. The Morgan fingerprint density at radius 1 is 1.41 bits per heavy atom. The molecule has 96 valence electrons. The van der Waals surface area contributed by atoms with E-state index >= 15 is 0 Å². The number of aromatic nitrogens is 2. The molecule has 0 amide bonds. The minimum atomic E-state index is 0.0772. The molecule has 1 saturated carbocycles. The van der Waals surface area contributed by atoms with E-state index in [-0.39, 0.29) is 10.8 Å². The third-order valence-electron chi connectivity index (χ3n) is 4.34. The lowest BCUT2D eigenvalue weighted by Crippen LogP contribution is -2.39. The van der Waals surface area contributed by atoms with Crippen molar-refractivity contribution in [2.75, 3.05) is 0 Å². The van der Waals surface area contributed by atoms with E-state index in [4.69, 9.17) is 11.6 Å². The number of aryl methyl sites for hydroxylation is 1. The van der Waals surface area contributed by atoms with E-state index in [0.29, 0.717) is 5.92 Å². The lowest BCUT2D eigenvalue weighted by molar-refractivity contribution is 0.203. The molecule has 3 unspecified atom stereocenters. The van der Waals surface area contributed by atoms with Crippen molar-refractivity contribution in [1.82, 2.24) is 9.78 Å². The molecule has 3 heteroatoms. The fourth-order valence-electron chi connectivity index (χ4n) is 3.07. The Kier molecular flexibility index (Phi) is 3.53. The molecule has 1 aromatic heterocycles. The number of rotatable bonds is 2. The largest absolute Gasteiger partial charge is 0.276 e. The Hall–Kier alpha value is -0.500. The zero-order valence-corrected chi connectivity index (χ0v) is 12.0. The molecule has 2 nitrogen and oxygen atoms in total. The minimum absolute atomic E-state index is 0.0772. The van der Waals surface area contributed by atoms with Gasteiger partial charge in [-0.1, -0.05) is 27.2 Å². The van der Waals surface area contributed by atoms with Crippen LogP contribution < -0.4 is 0 Å². The van der Waals surface area contributed by atoms with E-state index < -0.39 is 0 Å². The average molecular weight is 255 g/mol. The monoisotopic (exact) mass is 254 g/mol. The summed E-state index contributed by atoms with van der Waals surface area (Å²) in [6.45, 7) is 6.87. The maximum Gasteiger partial charge on any atom is 0.0683 e. The van der Waals surface area contributed by atoms with Crippen LogP contribution in [0, 0.1) is 11.8 Å². The molecule has 1 fully saturated rings. The molecule has 0 aliphatic heterocycles. The fourth-order valence-corrected chi connectivity index (χ4v) is 3.82. The molecule has 0 spiro atoms. The van der Waals surface area contributed by atoms with Gasteiger partial charge in [0.15, 0.2) is 0 Å². The maximum absolute atomic E-state index is 6.58. The van der Waals surface area contributed by atoms with Gasteiger partial charge in [0, 0.05) is 24.0 Å². The molecule has 17 heavy (non-hydrogen) atoms. The van der Waals surface area contributed by atoms with Crippen molar-refractivity contribution in [3.05, 3.63) is 18.0 Å². The molecule has 1 aromatic rings. The lowest BCUT2D eigenvalue weighted by atomic mass is 9.67. The van der Waals surface area contributed by atoms with Gasteiger partial charge in [-0.05, 0) is 30.7 Å². The highest BCUT2D eigenvalue weighted by Gasteiger charge is 2.40. The van der Waals surface area contributed by atoms with Gasteiger partial charge < -0.3 is 0 Å². The van der Waals surface area contributed by atoms with Crippen molar-refractivity contribution in [2.45, 2.75) is 50.8 Å². The lowest BCUT2D eigenvalue weighted by Gasteiger charge is -2.41. The summed E-state index contributed by atoms with van der Waals surface area (Å²) in [7, 11) is 1.97. The zero-order chi connectivity index (χ0) is 12.6. The van der Waals surface area contributed by atoms with E-state index in [1.54, 1.807) is 0 Å². The molecule has 3 atom stereocenters. The van der Waals surface area contributed by atoms with E-state index in [1.165, 1.54) is 18.5 Å². The molecular weight excluding hydrogens is 232 g/mol. The predicted molar refractivity (Wildman–Crippen MR) is 72.4 cm³/mol. The first-order chi connectivity index (χ1) is 7.91. The summed E-state index contributed by atoms with van der Waals surface area (Å²) in [5, 5.41) is 4.86. The van der Waals surface area contributed by atoms with Gasteiger partial charge in [0.2, 0.25) is 0 Å². The topological polar surface area (TPSA) is 17.8 Å². The Balaban J connectivity index is 2.20. The summed E-state index contributed by atoms with van der Waals surface area (Å²) in [5.74, 6) is 1.31. The van der Waals surface area contributed by atoms with Crippen molar-refractivity contribution >= 4 is 11.6 Å². The second-order valence-corrected chi connectivity index (χ2v) is 6.70. The molecular formula is C14H23ClN2. The Labute approximate surface area is 109 Å². The third kappa shape index (κ3) is 2.52. The number of alkyl halides is 1. The summed E-state index contributed by atoms with van der Waals surface area (Å²) in [5.41, 5.74) is 1.25. The Bertz CT molecular complexity index is 383. The van der Waals surface area contributed by atoms with Crippen molar-refractivity contribution < 1.29 is 0 Å². The first-order valence-electron chi connectivity index (χ1n) is 6.55. The van der Waals surface area contributed by atoms with Crippen LogP contribution in [0.1, 0.15) is 45.7 Å². The Morgan fingerprint density at radius 3 is 2.65 bits per heavy atom. The van der Waals surface area contributed by atoms with Crippen LogP contribution in [0.2, 0.25) is 0 Å². The van der Waals surface area contributed by atoms with Crippen LogP contribution in [0.3, 0.4) is 0 Å². The summed E-state index contributed by atoms with van der Waals surface area (Å²) >= 11 is 6.58. The highest BCUT2D eigenvalue weighted by Crippen LogP contribution is 2.43. The summed E-state index contributed by atoms with van der Waals surface area (Å²) in [6.07, 6.45) is 5.68. The smallest absolute Gasteiger partial charge is 0.0683 e. The summed E-state index contributed by atoms with van der Waals surface area (Å²) < 4.78 is 1.88. The zero-order valence-electron chi connectivity index (χ0n) is 11.3. The fraction of sp³-hybridized carbons (Fsp3) is 0.786. The number of hydrogen-bond donors (Lipinski definition) is 0. The molecule has 0 bridgehead atoms. The molecule has 1 aliphatic carbocycles. The van der Waals surface area contributed by atoms with E-state index in [2.05, 4.69) is 31.9 Å². The molecule has 0 N–H and O–H groups in total. The number of hydrogen-bond acceptors (Lipinski definition) is 1. The molecule has 0 radical (unpaired) electrons. The highest BCUT2D eigenvalue weighted by atomic mass is 35.5. The standard InChI is InChI=1S/C14H23ClN2/c1-10-5-6-11(12(15)9-10)14(2,3)13-7-8-17(4)16-13/h7-8,10-12H,5-6,9H2,1-4H3. The van der Waals surface area contributed by atoms with Gasteiger partial charge in [0.05, 0.1) is 5.69 Å². The van der Waals surface area contributed by atoms with Crippen LogP contribution in [-0.2, 0) is 12.5 Å². The SMILES string of the molecule is CC1CCC(C(C)(C)c2ccn(C)n2)C(Cl)C1. The van der Waals surface area contributed by atoms with Gasteiger partial charge in [0.25, 0.3) is 0 Å². The number of nitrogens with zero attached hydrogens (tertiary/aromatic N) is 2. The van der Waals surface area contributed by atoms with Gasteiger partial charge in [0.1, 0.15) is 0 Å². The molecule has 1 aliphatic rings. The van der Waals surface area contributed by atoms with Gasteiger partial charge in [-0.3, -0.25) is 4.68 Å². The molecule has 2 rings (SSSR count). The molecule has 0 saturated heterocycles. The molecule has 0 aromatic carbocycles. The second-order valence-electron chi connectivity index (χ2n) is 6.14. The van der Waals surface area contributed by atoms with Crippen LogP contribution in [0.4, 0.5) is 0 Å². The average Bonchev–Trinajstić information content (AvgIpc) is 2.64. The van der Waals surface area contributed by atoms with Gasteiger partial charge in [-0.15, -0.1) is 11.6 Å². The summed E-state index contributed by atoms with van der Waals surface area (Å²) in [4.78, 5) is 0. The van der Waals surface area contributed by atoms with Crippen molar-refractivity contribution in [3.8, 4) is 0 Å². The van der Waals surface area contributed by atoms with E-state index in [9.17, 15) is 0 Å². The van der Waals surface area contributed by atoms with Gasteiger partial charge >= 0.3 is 0 Å². The van der Waals surface area contributed by atoms with E-state index in [1.807, 2.05) is 17.9 Å². The van der Waals surface area contributed by atoms with Crippen molar-refractivity contribution in [2.24, 2.45) is 18.9 Å². The van der Waals surface area contributed by atoms with Gasteiger partial charge in [-0.25, -0.2) is 0 Å². The van der Waals surface area contributed by atoms with Gasteiger partial charge in [-0.2, -0.15) is 5.10 Å². The van der Waals surface area contributed by atoms with Crippen LogP contribution in [0.15, 0.2) is 12.3 Å². The highest BCUT2D eigenvalue weighted by molar-refractivity contribution is 6.20. The second kappa shape index (κ2) is 4.64. The van der Waals surface area contributed by atoms with Crippen LogP contribution in [0.5, 0.6) is 0 Å². The van der Waals surface area contributed by atoms with Crippen LogP contribution >= 0.6 is 11.6 Å². The Morgan fingerprint density at radius 2 is 2.12 bits per heavy atom. The van der Waals surface area contributed by atoms with Crippen molar-refractivity contribution in [1.29, 1.82) is 0 Å². The predicted octanol–water partition coefficient (Wildman–Crippen LogP) is 3.74. The number of halogens is 1. The molecule has 1 heterocycles. The van der Waals surface area contributed by atoms with Crippen LogP contribution in [0.25, 0.3) is 0 Å². The third-order valence-corrected chi connectivity index (χ3v) is 4.82. The quantitative estimate of drug-likeness (QED) is 0.736. The maximum atomic E-state index is 6.58. The normalized spacial score (nSPS) is 30.5. The first-order valence-corrected chi connectivity index (χ1v) is 6.99. The van der Waals surface area contributed by atoms with E-state index in [0.717, 1.165) is 12.3 Å². The minimum Gasteiger partial charge on any atom is -0.276 e.